The third-order valence-corrected chi connectivity index (χ3v) is 8.37. The van der Waals surface area contributed by atoms with Crippen LogP contribution in [0.3, 0.4) is 0 Å². The number of carbonyl (C=O) groups is 2. The normalized spacial score (nSPS) is 14.4. The summed E-state index contributed by atoms with van der Waals surface area (Å²) in [5.74, 6) is 0.0598. The Kier molecular flexibility index (Phi) is 8.49. The molecule has 3 aromatic carbocycles. The second-order valence-corrected chi connectivity index (χ2v) is 11.4. The maximum Gasteiger partial charge on any atom is 0.338 e. The Morgan fingerprint density at radius 3 is 2.33 bits per heavy atom. The Labute approximate surface area is 268 Å². The number of fused-ring (bicyclic) bond motifs is 1. The number of para-hydroxylation sites is 1. The largest absolute Gasteiger partial charge is 0.497 e. The van der Waals surface area contributed by atoms with E-state index in [0.717, 1.165) is 22.6 Å². The number of benzene rings is 3. The van der Waals surface area contributed by atoms with Gasteiger partial charge in [-0.05, 0) is 74.0 Å². The van der Waals surface area contributed by atoms with Crippen LogP contribution in [0.2, 0.25) is 0 Å². The van der Waals surface area contributed by atoms with Crippen molar-refractivity contribution in [1.29, 1.82) is 0 Å². The average molecular weight is 635 g/mol. The topological polar surface area (TPSA) is 114 Å². The van der Waals surface area contributed by atoms with Gasteiger partial charge in [0.15, 0.2) is 4.80 Å². The minimum Gasteiger partial charge on any atom is -0.497 e. The minimum atomic E-state index is -0.808. The molecule has 0 radical (unpaired) electrons. The van der Waals surface area contributed by atoms with Crippen molar-refractivity contribution >= 4 is 29.4 Å². The molecule has 0 bridgehead atoms. The summed E-state index contributed by atoms with van der Waals surface area (Å²) in [4.78, 5) is 44.1. The zero-order chi connectivity index (χ0) is 32.4. The maximum atomic E-state index is 14.2. The fourth-order valence-electron chi connectivity index (χ4n) is 5.31. The van der Waals surface area contributed by atoms with Crippen LogP contribution in [0.1, 0.15) is 37.9 Å². The lowest BCUT2D eigenvalue weighted by Gasteiger charge is -2.24. The fraction of sp³-hybridized carbons (Fsp3) is 0.171. The Morgan fingerprint density at radius 1 is 0.978 bits per heavy atom. The average Bonchev–Trinajstić information content (AvgIpc) is 3.61. The van der Waals surface area contributed by atoms with Crippen LogP contribution in [0, 0.1) is 0 Å². The zero-order valence-electron chi connectivity index (χ0n) is 25.6. The van der Waals surface area contributed by atoms with Crippen molar-refractivity contribution < 1.29 is 23.8 Å². The van der Waals surface area contributed by atoms with E-state index in [2.05, 4.69) is 4.99 Å². The standard InChI is InChI=1S/C35H30N4O6S/c1-5-44-34(42)30-21(2)36-35-39(32(30)24-13-17-28(18-14-24)45-22(3)40)33(41)29(46-35)19-25-20-38(26-9-7-6-8-10-26)37-31(25)23-11-15-27(43-4)16-12-23/h6-20,32H,5H2,1-4H3/b29-19-/t32-/m1/s1. The third kappa shape index (κ3) is 5.92. The van der Waals surface area contributed by atoms with Crippen LogP contribution < -0.4 is 24.4 Å². The first-order valence-electron chi connectivity index (χ1n) is 14.5. The van der Waals surface area contributed by atoms with E-state index in [9.17, 15) is 14.4 Å². The summed E-state index contributed by atoms with van der Waals surface area (Å²) >= 11 is 1.23. The van der Waals surface area contributed by atoms with Crippen LogP contribution in [0.15, 0.2) is 106 Å². The monoisotopic (exact) mass is 634 g/mol. The summed E-state index contributed by atoms with van der Waals surface area (Å²) in [5, 5.41) is 4.88. The molecule has 1 aliphatic rings. The predicted octanol–water partition coefficient (Wildman–Crippen LogP) is 4.58. The molecule has 0 fully saturated rings. The Bertz CT molecular complexity index is 2140. The number of methoxy groups -OCH3 is 1. The first kappa shape index (κ1) is 30.5. The number of esters is 2. The number of allylic oxidation sites excluding steroid dienone is 1. The van der Waals surface area contributed by atoms with Gasteiger partial charge in [0.2, 0.25) is 0 Å². The second kappa shape index (κ2) is 12.8. The van der Waals surface area contributed by atoms with Crippen LogP contribution in [0.5, 0.6) is 11.5 Å². The van der Waals surface area contributed by atoms with Crippen LogP contribution in [-0.2, 0) is 14.3 Å². The molecule has 2 aromatic heterocycles. The van der Waals surface area contributed by atoms with E-state index in [1.807, 2.05) is 60.8 Å². The highest BCUT2D eigenvalue weighted by atomic mass is 32.1. The highest BCUT2D eigenvalue weighted by Gasteiger charge is 2.33. The van der Waals surface area contributed by atoms with E-state index in [0.29, 0.717) is 32.0 Å². The van der Waals surface area contributed by atoms with E-state index in [4.69, 9.17) is 19.3 Å². The molecule has 0 aliphatic carbocycles. The lowest BCUT2D eigenvalue weighted by atomic mass is 9.96. The van der Waals surface area contributed by atoms with E-state index in [1.54, 1.807) is 56.0 Å². The van der Waals surface area contributed by atoms with E-state index >= 15 is 0 Å². The minimum absolute atomic E-state index is 0.164. The molecule has 0 saturated heterocycles. The van der Waals surface area contributed by atoms with Gasteiger partial charge >= 0.3 is 11.9 Å². The van der Waals surface area contributed by atoms with Gasteiger partial charge in [-0.3, -0.25) is 14.2 Å². The van der Waals surface area contributed by atoms with Crippen molar-refractivity contribution in [1.82, 2.24) is 14.3 Å². The van der Waals surface area contributed by atoms with Crippen LogP contribution in [0.25, 0.3) is 23.0 Å². The molecule has 5 aromatic rings. The molecule has 3 heterocycles. The van der Waals surface area contributed by atoms with E-state index < -0.39 is 18.0 Å². The van der Waals surface area contributed by atoms with Gasteiger partial charge in [-0.25, -0.2) is 14.5 Å². The molecule has 46 heavy (non-hydrogen) atoms. The first-order chi connectivity index (χ1) is 22.3. The summed E-state index contributed by atoms with van der Waals surface area (Å²) in [6.45, 7) is 4.94. The van der Waals surface area contributed by atoms with Crippen molar-refractivity contribution in [3.05, 3.63) is 127 Å². The number of thiazole rings is 1. The lowest BCUT2D eigenvalue weighted by Crippen LogP contribution is -2.39. The molecule has 0 unspecified atom stereocenters. The van der Waals surface area contributed by atoms with Gasteiger partial charge < -0.3 is 14.2 Å². The number of hydrogen-bond acceptors (Lipinski definition) is 9. The van der Waals surface area contributed by atoms with Gasteiger partial charge in [-0.2, -0.15) is 5.10 Å². The van der Waals surface area contributed by atoms with Gasteiger partial charge in [0.25, 0.3) is 5.56 Å². The van der Waals surface area contributed by atoms with Crippen molar-refractivity contribution in [3.8, 4) is 28.4 Å². The van der Waals surface area contributed by atoms with Crippen molar-refractivity contribution in [2.24, 2.45) is 4.99 Å². The summed E-state index contributed by atoms with van der Waals surface area (Å²) < 4.78 is 19.7. The Balaban J connectivity index is 1.53. The number of rotatable bonds is 8. The molecular weight excluding hydrogens is 604 g/mol. The van der Waals surface area contributed by atoms with Crippen LogP contribution in [-0.4, -0.2) is 40.0 Å². The lowest BCUT2D eigenvalue weighted by molar-refractivity contribution is -0.139. The van der Waals surface area contributed by atoms with E-state index in [1.165, 1.54) is 22.8 Å². The molecule has 0 amide bonds. The van der Waals surface area contributed by atoms with Crippen LogP contribution >= 0.6 is 11.3 Å². The molecule has 0 saturated carbocycles. The Morgan fingerprint density at radius 2 is 1.67 bits per heavy atom. The van der Waals surface area contributed by atoms with Crippen LogP contribution in [0.4, 0.5) is 0 Å². The molecule has 1 atom stereocenters. The van der Waals surface area contributed by atoms with Crippen molar-refractivity contribution in [2.45, 2.75) is 26.8 Å². The van der Waals surface area contributed by atoms with Gasteiger partial charge in [0, 0.05) is 24.2 Å². The highest BCUT2D eigenvalue weighted by molar-refractivity contribution is 7.07. The van der Waals surface area contributed by atoms with Crippen molar-refractivity contribution in [2.75, 3.05) is 13.7 Å². The highest BCUT2D eigenvalue weighted by Crippen LogP contribution is 2.32. The number of nitrogens with zero attached hydrogens (tertiary/aromatic N) is 4. The predicted molar refractivity (Wildman–Crippen MR) is 174 cm³/mol. The second-order valence-electron chi connectivity index (χ2n) is 10.4. The molecule has 10 nitrogen and oxygen atoms in total. The quantitative estimate of drug-likeness (QED) is 0.181. The fourth-order valence-corrected chi connectivity index (χ4v) is 6.35. The smallest absolute Gasteiger partial charge is 0.338 e. The molecule has 232 valence electrons. The number of aromatic nitrogens is 3. The maximum absolute atomic E-state index is 14.2. The number of carbonyl (C=O) groups excluding carboxylic acids is 2. The molecule has 11 heteroatoms. The molecular formula is C35H30N4O6S. The van der Waals surface area contributed by atoms with E-state index in [-0.39, 0.29) is 17.7 Å². The molecule has 0 spiro atoms. The summed E-state index contributed by atoms with van der Waals surface area (Å²) in [6.07, 6.45) is 3.69. The van der Waals surface area contributed by atoms with Gasteiger partial charge in [0.05, 0.1) is 41.2 Å². The summed E-state index contributed by atoms with van der Waals surface area (Å²) in [6, 6.07) is 23.2. The first-order valence-corrected chi connectivity index (χ1v) is 15.4. The molecule has 1 aliphatic heterocycles. The number of hydrogen-bond donors (Lipinski definition) is 0. The summed E-state index contributed by atoms with van der Waals surface area (Å²) in [5.41, 5.74) is 4.15. The zero-order valence-corrected chi connectivity index (χ0v) is 26.4. The van der Waals surface area contributed by atoms with Crippen molar-refractivity contribution in [3.63, 3.8) is 0 Å². The van der Waals surface area contributed by atoms with Gasteiger partial charge in [0.1, 0.15) is 17.2 Å². The molecule has 6 rings (SSSR count). The molecule has 0 N–H and O–H groups in total. The third-order valence-electron chi connectivity index (χ3n) is 7.39. The number of ether oxygens (including phenoxy) is 3. The van der Waals surface area contributed by atoms with Gasteiger partial charge in [-0.15, -0.1) is 0 Å². The Hall–Kier alpha value is -5.55. The summed E-state index contributed by atoms with van der Waals surface area (Å²) in [7, 11) is 1.61. The SMILES string of the molecule is CCOC(=O)C1=C(C)N=c2s/c(=C\c3cn(-c4ccccc4)nc3-c3ccc(OC)cc3)c(=O)n2[C@@H]1c1ccc(OC(C)=O)cc1. The van der Waals surface area contributed by atoms with Gasteiger partial charge in [-0.1, -0.05) is 41.7 Å².